The molecule has 110 valence electrons. The third kappa shape index (κ3) is 3.00. The Bertz CT molecular complexity index is 546. The van der Waals surface area contributed by atoms with Gasteiger partial charge in [-0.3, -0.25) is 0 Å². The van der Waals surface area contributed by atoms with E-state index < -0.39 is 0 Å². The first-order valence-electron chi connectivity index (χ1n) is 5.79. The van der Waals surface area contributed by atoms with E-state index in [9.17, 15) is 0 Å². The molecule has 0 bridgehead atoms. The van der Waals surface area contributed by atoms with Crippen LogP contribution in [0.1, 0.15) is 17.2 Å². The minimum atomic E-state index is -0.249. The molecule has 2 aromatic rings. The molecule has 0 unspecified atom stereocenters. The lowest BCUT2D eigenvalue weighted by Gasteiger charge is -2.19. The zero-order valence-corrected chi connectivity index (χ0v) is 13.2. The van der Waals surface area contributed by atoms with Crippen LogP contribution in [0.4, 0.5) is 0 Å². The van der Waals surface area contributed by atoms with Gasteiger partial charge in [0, 0.05) is 5.56 Å². The smallest absolute Gasteiger partial charge is 0.203 e. The molecule has 0 aliphatic carbocycles. The van der Waals surface area contributed by atoms with Gasteiger partial charge in [-0.05, 0) is 34.5 Å². The van der Waals surface area contributed by atoms with E-state index in [1.165, 1.54) is 0 Å². The second-order valence-electron chi connectivity index (χ2n) is 3.96. The standard InChI is InChI=1S/C14H17NO3S.ClH/c1-16-11-5-4-10(13(17-2)14(11)18-3)12(15)9-6-7-19-8-9;/h4-8,12H,15H2,1-3H3;1H/t12-;/m0./s1. The van der Waals surface area contributed by atoms with E-state index in [2.05, 4.69) is 0 Å². The third-order valence-corrected chi connectivity index (χ3v) is 3.67. The number of benzene rings is 1. The molecule has 0 saturated carbocycles. The number of rotatable bonds is 5. The Hall–Kier alpha value is -1.43. The van der Waals surface area contributed by atoms with Crippen LogP contribution in [0.3, 0.4) is 0 Å². The Kier molecular flexibility index (Phi) is 6.13. The summed E-state index contributed by atoms with van der Waals surface area (Å²) in [6.45, 7) is 0. The van der Waals surface area contributed by atoms with E-state index in [0.717, 1.165) is 11.1 Å². The van der Waals surface area contributed by atoms with Crippen LogP contribution in [0.2, 0.25) is 0 Å². The lowest BCUT2D eigenvalue weighted by atomic mass is 10.0. The van der Waals surface area contributed by atoms with Crippen molar-refractivity contribution in [3.05, 3.63) is 40.1 Å². The molecule has 0 radical (unpaired) electrons. The van der Waals surface area contributed by atoms with E-state index in [-0.39, 0.29) is 18.4 Å². The lowest BCUT2D eigenvalue weighted by Crippen LogP contribution is -2.13. The number of hydrogen-bond donors (Lipinski definition) is 1. The lowest BCUT2D eigenvalue weighted by molar-refractivity contribution is 0.321. The summed E-state index contributed by atoms with van der Waals surface area (Å²) in [5.41, 5.74) is 8.21. The van der Waals surface area contributed by atoms with Crippen LogP contribution in [0.5, 0.6) is 17.2 Å². The van der Waals surface area contributed by atoms with Gasteiger partial charge in [-0.2, -0.15) is 11.3 Å². The molecular weight excluding hydrogens is 298 g/mol. The summed E-state index contributed by atoms with van der Waals surface area (Å²) >= 11 is 1.62. The largest absolute Gasteiger partial charge is 0.493 e. The van der Waals surface area contributed by atoms with E-state index in [1.54, 1.807) is 32.7 Å². The predicted molar refractivity (Wildman–Crippen MR) is 83.7 cm³/mol. The predicted octanol–water partition coefficient (Wildman–Crippen LogP) is 3.24. The van der Waals surface area contributed by atoms with Crippen molar-refractivity contribution in [2.45, 2.75) is 6.04 Å². The number of thiophene rings is 1. The van der Waals surface area contributed by atoms with Crippen LogP contribution in [-0.2, 0) is 0 Å². The summed E-state index contributed by atoms with van der Waals surface area (Å²) in [5, 5.41) is 4.03. The first-order valence-corrected chi connectivity index (χ1v) is 6.73. The van der Waals surface area contributed by atoms with Gasteiger partial charge in [-0.25, -0.2) is 0 Å². The van der Waals surface area contributed by atoms with Crippen molar-refractivity contribution in [2.75, 3.05) is 21.3 Å². The monoisotopic (exact) mass is 315 g/mol. The molecule has 0 saturated heterocycles. The SMILES string of the molecule is COc1ccc([C@@H](N)c2ccsc2)c(OC)c1OC.Cl. The summed E-state index contributed by atoms with van der Waals surface area (Å²) in [6, 6.07) is 5.50. The number of halogens is 1. The first kappa shape index (κ1) is 16.6. The molecule has 1 atom stereocenters. The van der Waals surface area contributed by atoms with Gasteiger partial charge in [0.2, 0.25) is 5.75 Å². The Labute approximate surface area is 128 Å². The molecule has 1 aromatic carbocycles. The van der Waals surface area contributed by atoms with Gasteiger partial charge in [-0.1, -0.05) is 0 Å². The van der Waals surface area contributed by atoms with Crippen molar-refractivity contribution < 1.29 is 14.2 Å². The zero-order chi connectivity index (χ0) is 13.8. The fourth-order valence-electron chi connectivity index (χ4n) is 2.00. The van der Waals surface area contributed by atoms with Gasteiger partial charge in [0.25, 0.3) is 0 Å². The molecule has 1 aromatic heterocycles. The van der Waals surface area contributed by atoms with Crippen molar-refractivity contribution in [1.82, 2.24) is 0 Å². The highest BCUT2D eigenvalue weighted by Crippen LogP contribution is 2.42. The second-order valence-corrected chi connectivity index (χ2v) is 4.74. The average Bonchev–Trinajstić information content (AvgIpc) is 2.98. The zero-order valence-electron chi connectivity index (χ0n) is 11.6. The van der Waals surface area contributed by atoms with Crippen molar-refractivity contribution in [2.24, 2.45) is 5.73 Å². The Balaban J connectivity index is 0.00000200. The molecule has 6 heteroatoms. The normalized spacial score (nSPS) is 11.4. The summed E-state index contributed by atoms with van der Waals surface area (Å²) in [4.78, 5) is 0. The topological polar surface area (TPSA) is 53.7 Å². The summed E-state index contributed by atoms with van der Waals surface area (Å²) < 4.78 is 16.1. The number of methoxy groups -OCH3 is 3. The van der Waals surface area contributed by atoms with Crippen molar-refractivity contribution in [1.29, 1.82) is 0 Å². The molecule has 0 fully saturated rings. The summed E-state index contributed by atoms with van der Waals surface area (Å²) in [6.07, 6.45) is 0. The van der Waals surface area contributed by atoms with Crippen molar-refractivity contribution >= 4 is 23.7 Å². The van der Waals surface area contributed by atoms with Crippen LogP contribution in [-0.4, -0.2) is 21.3 Å². The van der Waals surface area contributed by atoms with Gasteiger partial charge in [-0.15, -0.1) is 12.4 Å². The molecule has 0 spiro atoms. The second kappa shape index (κ2) is 7.38. The highest BCUT2D eigenvalue weighted by atomic mass is 35.5. The van der Waals surface area contributed by atoms with Crippen LogP contribution in [0.15, 0.2) is 29.0 Å². The Morgan fingerprint density at radius 3 is 2.20 bits per heavy atom. The molecule has 1 heterocycles. The molecule has 2 rings (SSSR count). The van der Waals surface area contributed by atoms with Crippen LogP contribution in [0, 0.1) is 0 Å². The van der Waals surface area contributed by atoms with E-state index >= 15 is 0 Å². The highest BCUT2D eigenvalue weighted by Gasteiger charge is 2.21. The van der Waals surface area contributed by atoms with Crippen LogP contribution < -0.4 is 19.9 Å². The average molecular weight is 316 g/mol. The van der Waals surface area contributed by atoms with Crippen LogP contribution >= 0.6 is 23.7 Å². The summed E-state index contributed by atoms with van der Waals surface area (Å²) in [7, 11) is 4.77. The maximum atomic E-state index is 6.28. The van der Waals surface area contributed by atoms with Crippen molar-refractivity contribution in [3.8, 4) is 17.2 Å². The molecule has 2 N–H and O–H groups in total. The number of ether oxygens (including phenoxy) is 3. The van der Waals surface area contributed by atoms with Gasteiger partial charge >= 0.3 is 0 Å². The summed E-state index contributed by atoms with van der Waals surface area (Å²) in [5.74, 6) is 1.80. The Morgan fingerprint density at radius 2 is 1.70 bits per heavy atom. The molecule has 0 aliphatic rings. The molecule has 0 aliphatic heterocycles. The van der Waals surface area contributed by atoms with Gasteiger partial charge < -0.3 is 19.9 Å². The molecular formula is C14H18ClNO3S. The Morgan fingerprint density at radius 1 is 1.00 bits per heavy atom. The van der Waals surface area contributed by atoms with Gasteiger partial charge in [0.05, 0.1) is 27.4 Å². The third-order valence-electron chi connectivity index (χ3n) is 2.97. The van der Waals surface area contributed by atoms with Gasteiger partial charge in [0.15, 0.2) is 11.5 Å². The fourth-order valence-corrected chi connectivity index (χ4v) is 2.70. The van der Waals surface area contributed by atoms with Crippen LogP contribution in [0.25, 0.3) is 0 Å². The molecule has 0 amide bonds. The molecule has 4 nitrogen and oxygen atoms in total. The van der Waals surface area contributed by atoms with Crippen molar-refractivity contribution in [3.63, 3.8) is 0 Å². The fraction of sp³-hybridized carbons (Fsp3) is 0.286. The minimum absolute atomic E-state index is 0. The van der Waals surface area contributed by atoms with Gasteiger partial charge in [0.1, 0.15) is 0 Å². The number of hydrogen-bond acceptors (Lipinski definition) is 5. The maximum absolute atomic E-state index is 6.28. The molecule has 20 heavy (non-hydrogen) atoms. The van der Waals surface area contributed by atoms with E-state index in [1.807, 2.05) is 29.0 Å². The van der Waals surface area contributed by atoms with E-state index in [0.29, 0.717) is 17.2 Å². The van der Waals surface area contributed by atoms with E-state index in [4.69, 9.17) is 19.9 Å². The maximum Gasteiger partial charge on any atom is 0.203 e. The number of nitrogens with two attached hydrogens (primary N) is 1. The minimum Gasteiger partial charge on any atom is -0.493 e. The highest BCUT2D eigenvalue weighted by molar-refractivity contribution is 7.08. The quantitative estimate of drug-likeness (QED) is 0.920. The first-order chi connectivity index (χ1) is 9.22.